The maximum absolute atomic E-state index is 14.0. The van der Waals surface area contributed by atoms with Gasteiger partial charge in [-0.25, -0.2) is 9.37 Å². The Morgan fingerprint density at radius 2 is 1.71 bits per heavy atom. The Balaban J connectivity index is 0.927. The van der Waals surface area contributed by atoms with E-state index in [0.29, 0.717) is 30.8 Å². The summed E-state index contributed by atoms with van der Waals surface area (Å²) in [5.74, 6) is -3.40. The van der Waals surface area contributed by atoms with Gasteiger partial charge in [0.1, 0.15) is 11.9 Å². The van der Waals surface area contributed by atoms with Crippen LogP contribution < -0.4 is 26.6 Å². The van der Waals surface area contributed by atoms with E-state index in [2.05, 4.69) is 31.6 Å². The molecular weight excluding hydrogens is 749 g/mol. The number of halogens is 2. The van der Waals surface area contributed by atoms with Gasteiger partial charge in [-0.1, -0.05) is 29.8 Å². The molecule has 3 aromatic carbocycles. The minimum atomic E-state index is -1.03. The number of carbonyl (C=O) groups is 6. The molecule has 2 aromatic heterocycles. The normalized spacial score (nSPS) is 15.2. The van der Waals surface area contributed by atoms with Gasteiger partial charge in [-0.2, -0.15) is 0 Å². The van der Waals surface area contributed by atoms with Crippen molar-refractivity contribution in [1.82, 2.24) is 20.5 Å². The number of nitrogens with zero attached hydrogens (tertiary/aromatic N) is 2. The van der Waals surface area contributed by atoms with Crippen LogP contribution in [0.2, 0.25) is 5.02 Å². The lowest BCUT2D eigenvalue weighted by atomic mass is 10.0. The van der Waals surface area contributed by atoms with Crippen LogP contribution >= 0.6 is 22.9 Å². The molecule has 0 spiro atoms. The van der Waals surface area contributed by atoms with Crippen LogP contribution in [0.4, 0.5) is 27.3 Å². The van der Waals surface area contributed by atoms with Gasteiger partial charge in [0.05, 0.1) is 38.7 Å². The van der Waals surface area contributed by atoms with Crippen molar-refractivity contribution in [3.63, 3.8) is 0 Å². The molecule has 1 fully saturated rings. The number of amides is 6. The molecule has 0 aliphatic carbocycles. The lowest BCUT2D eigenvalue weighted by Crippen LogP contribution is -2.54. The molecule has 1 unspecified atom stereocenters. The fourth-order valence-electron chi connectivity index (χ4n) is 6.39. The van der Waals surface area contributed by atoms with E-state index in [1.807, 2.05) is 24.3 Å². The number of aromatic nitrogens is 1. The number of hydrogen-bond donors (Lipinski definition) is 5. The quantitative estimate of drug-likeness (QED) is 0.0659. The Hall–Kier alpha value is -6.19. The number of nitrogens with one attached hydrogen (secondary N) is 5. The van der Waals surface area contributed by atoms with Crippen LogP contribution in [-0.2, 0) is 9.59 Å². The number of unbranched alkanes of at least 4 members (excludes halogenated alkanes) is 2. The number of rotatable bonds is 13. The zero-order valence-corrected chi connectivity index (χ0v) is 30.6. The zero-order chi connectivity index (χ0) is 38.6. The molecule has 5 N–H and O–H groups in total. The van der Waals surface area contributed by atoms with Crippen molar-refractivity contribution in [2.24, 2.45) is 0 Å². The topological polar surface area (TPSA) is 179 Å². The Morgan fingerprint density at radius 1 is 0.909 bits per heavy atom. The maximum Gasteiger partial charge on any atom is 0.262 e. The third-order valence-electron chi connectivity index (χ3n) is 9.21. The van der Waals surface area contributed by atoms with E-state index in [-0.39, 0.29) is 51.7 Å². The largest absolute Gasteiger partial charge is 0.385 e. The molecule has 6 amide bonds. The van der Waals surface area contributed by atoms with Crippen LogP contribution in [0.3, 0.4) is 0 Å². The molecular formula is C39H33ClFN7O6S. The molecule has 1 atom stereocenters. The molecule has 4 heterocycles. The second-order valence-electron chi connectivity index (χ2n) is 12.9. The predicted octanol–water partition coefficient (Wildman–Crippen LogP) is 6.50. The monoisotopic (exact) mass is 781 g/mol. The van der Waals surface area contributed by atoms with E-state index < -0.39 is 47.3 Å². The first kappa shape index (κ1) is 37.1. The SMILES string of the molecule is O=C1CCC(N2C(=O)c3ccc(NCCCCCNC(=O)c4cnc(Nc5cc(F)ccc5Cl)c(NC(=O)c5csc6ccccc56)c4)cc3C2=O)C(=O)N1. The average molecular weight is 782 g/mol. The molecule has 1 saturated heterocycles. The predicted molar refractivity (Wildman–Crippen MR) is 206 cm³/mol. The summed E-state index contributed by atoms with van der Waals surface area (Å²) in [6.07, 6.45) is 3.63. The summed E-state index contributed by atoms with van der Waals surface area (Å²) in [5, 5.41) is 16.9. The third-order valence-corrected chi connectivity index (χ3v) is 10.5. The van der Waals surface area contributed by atoms with Gasteiger partial charge < -0.3 is 21.3 Å². The summed E-state index contributed by atoms with van der Waals surface area (Å²) in [6, 6.07) is 16.6. The van der Waals surface area contributed by atoms with Crippen molar-refractivity contribution in [1.29, 1.82) is 0 Å². The minimum Gasteiger partial charge on any atom is -0.385 e. The van der Waals surface area contributed by atoms with Crippen molar-refractivity contribution in [3.8, 4) is 0 Å². The van der Waals surface area contributed by atoms with Crippen LogP contribution in [0.5, 0.6) is 0 Å². The molecule has 5 aromatic rings. The van der Waals surface area contributed by atoms with Crippen molar-refractivity contribution in [3.05, 3.63) is 111 Å². The van der Waals surface area contributed by atoms with Gasteiger partial charge in [-0.15, -0.1) is 11.3 Å². The number of benzene rings is 3. The Morgan fingerprint density at radius 3 is 2.55 bits per heavy atom. The van der Waals surface area contributed by atoms with Crippen molar-refractivity contribution in [2.75, 3.05) is 29.0 Å². The zero-order valence-electron chi connectivity index (χ0n) is 29.0. The van der Waals surface area contributed by atoms with E-state index in [0.717, 1.165) is 27.8 Å². The Labute approximate surface area is 322 Å². The van der Waals surface area contributed by atoms with E-state index in [1.54, 1.807) is 23.6 Å². The van der Waals surface area contributed by atoms with Crippen molar-refractivity contribution >= 4 is 91.3 Å². The van der Waals surface area contributed by atoms with E-state index >= 15 is 0 Å². The Bertz CT molecular complexity index is 2390. The van der Waals surface area contributed by atoms with Crippen LogP contribution in [0.1, 0.15) is 73.5 Å². The molecule has 7 rings (SSSR count). The molecule has 0 radical (unpaired) electrons. The number of piperidine rings is 1. The fourth-order valence-corrected chi connectivity index (χ4v) is 7.50. The highest BCUT2D eigenvalue weighted by atomic mass is 35.5. The van der Waals surface area contributed by atoms with Gasteiger partial charge in [0, 0.05) is 46.9 Å². The summed E-state index contributed by atoms with van der Waals surface area (Å²) >= 11 is 7.71. The number of carbonyl (C=O) groups excluding carboxylic acids is 6. The molecule has 2 aliphatic heterocycles. The van der Waals surface area contributed by atoms with E-state index in [4.69, 9.17) is 11.6 Å². The van der Waals surface area contributed by atoms with Crippen LogP contribution in [0, 0.1) is 5.82 Å². The number of pyridine rings is 1. The van der Waals surface area contributed by atoms with E-state index in [9.17, 15) is 33.2 Å². The van der Waals surface area contributed by atoms with Gasteiger partial charge in [-0.3, -0.25) is 39.0 Å². The maximum atomic E-state index is 14.0. The first-order valence-electron chi connectivity index (χ1n) is 17.4. The summed E-state index contributed by atoms with van der Waals surface area (Å²) < 4.78 is 15.0. The van der Waals surface area contributed by atoms with Gasteiger partial charge >= 0.3 is 0 Å². The number of thiophene rings is 1. The molecule has 13 nitrogen and oxygen atoms in total. The highest BCUT2D eigenvalue weighted by molar-refractivity contribution is 7.17. The van der Waals surface area contributed by atoms with Gasteiger partial charge in [-0.05, 0) is 74.2 Å². The van der Waals surface area contributed by atoms with Crippen LogP contribution in [-0.4, -0.2) is 64.5 Å². The molecule has 55 heavy (non-hydrogen) atoms. The lowest BCUT2D eigenvalue weighted by Gasteiger charge is -2.27. The minimum absolute atomic E-state index is 0.0481. The first-order valence-corrected chi connectivity index (χ1v) is 18.7. The molecule has 16 heteroatoms. The molecule has 0 saturated carbocycles. The van der Waals surface area contributed by atoms with Crippen molar-refractivity contribution < 1.29 is 33.2 Å². The molecule has 280 valence electrons. The van der Waals surface area contributed by atoms with Gasteiger partial charge in [0.2, 0.25) is 11.8 Å². The van der Waals surface area contributed by atoms with Crippen LogP contribution in [0.15, 0.2) is 78.3 Å². The Kier molecular flexibility index (Phi) is 10.8. The highest BCUT2D eigenvalue weighted by Crippen LogP contribution is 2.32. The average Bonchev–Trinajstić information content (AvgIpc) is 3.71. The molecule has 0 bridgehead atoms. The highest BCUT2D eigenvalue weighted by Gasteiger charge is 2.44. The van der Waals surface area contributed by atoms with Gasteiger partial charge in [0.25, 0.3) is 23.6 Å². The third kappa shape index (κ3) is 8.03. The smallest absolute Gasteiger partial charge is 0.262 e. The summed E-state index contributed by atoms with van der Waals surface area (Å²) in [5.41, 5.74) is 2.12. The first-order chi connectivity index (χ1) is 26.6. The summed E-state index contributed by atoms with van der Waals surface area (Å²) in [4.78, 5) is 81.8. The number of imide groups is 2. The lowest BCUT2D eigenvalue weighted by molar-refractivity contribution is -0.136. The number of anilines is 4. The second-order valence-corrected chi connectivity index (χ2v) is 14.2. The van der Waals surface area contributed by atoms with E-state index in [1.165, 1.54) is 41.8 Å². The summed E-state index contributed by atoms with van der Waals surface area (Å²) in [6.45, 7) is 0.924. The summed E-state index contributed by atoms with van der Waals surface area (Å²) in [7, 11) is 0. The number of hydrogen-bond acceptors (Lipinski definition) is 10. The number of fused-ring (bicyclic) bond motifs is 2. The van der Waals surface area contributed by atoms with Crippen molar-refractivity contribution in [2.45, 2.75) is 38.1 Å². The molecule has 2 aliphatic rings. The fraction of sp³-hybridized carbons (Fsp3) is 0.205. The standard InChI is InChI=1S/C39H33ClFN7O6S/c40-28-11-8-22(41)17-29(28)45-34-30(46-36(51)27-20-55-32-7-3-2-6-24(27)32)16-21(19-44-34)35(50)43-15-5-1-4-14-42-23-9-10-25-26(18-23)39(54)48(38(25)53)31-12-13-33(49)47-37(31)52/h2-3,6-11,16-20,31,42H,1,4-5,12-15H2,(H,43,50)(H,44,45)(H,46,51)(H,47,49,52). The van der Waals surface area contributed by atoms with Crippen LogP contribution in [0.25, 0.3) is 10.1 Å². The second kappa shape index (κ2) is 16.0. The van der Waals surface area contributed by atoms with Gasteiger partial charge in [0.15, 0.2) is 5.82 Å².